The minimum Gasteiger partial charge on any atom is -0.322 e. The van der Waals surface area contributed by atoms with E-state index >= 15 is 0 Å². The van der Waals surface area contributed by atoms with E-state index < -0.39 is 0 Å². The van der Waals surface area contributed by atoms with Crippen molar-refractivity contribution in [2.45, 2.75) is 26.3 Å². The van der Waals surface area contributed by atoms with Crippen molar-refractivity contribution in [3.05, 3.63) is 57.8 Å². The summed E-state index contributed by atoms with van der Waals surface area (Å²) in [6.07, 6.45) is 4.40. The number of carbonyl (C=O) groups excluding carboxylic acids is 1. The first kappa shape index (κ1) is 23.3. The van der Waals surface area contributed by atoms with Gasteiger partial charge in [-0.05, 0) is 62.1 Å². The van der Waals surface area contributed by atoms with Gasteiger partial charge in [0.15, 0.2) is 0 Å². The van der Waals surface area contributed by atoms with E-state index in [-0.39, 0.29) is 6.03 Å². The topological polar surface area (TPSA) is 51.7 Å². The van der Waals surface area contributed by atoms with E-state index in [1.165, 1.54) is 24.1 Å². The minimum atomic E-state index is -0.0855. The van der Waals surface area contributed by atoms with E-state index in [0.717, 1.165) is 52.4 Å². The highest BCUT2D eigenvalue weighted by molar-refractivity contribution is 6.42. The van der Waals surface area contributed by atoms with Crippen molar-refractivity contribution in [1.29, 1.82) is 0 Å². The van der Waals surface area contributed by atoms with Gasteiger partial charge < -0.3 is 10.2 Å². The molecular formula is C24H31Cl2N5O. The summed E-state index contributed by atoms with van der Waals surface area (Å²) in [7, 11) is 0. The van der Waals surface area contributed by atoms with Crippen LogP contribution in [0.15, 0.2) is 36.5 Å². The third-order valence-electron chi connectivity index (χ3n) is 6.44. The summed E-state index contributed by atoms with van der Waals surface area (Å²) in [6.45, 7) is 9.72. The highest BCUT2D eigenvalue weighted by Gasteiger charge is 2.26. The molecule has 0 aliphatic carbocycles. The predicted molar refractivity (Wildman–Crippen MR) is 130 cm³/mol. The number of likely N-dealkylation sites (tertiary alicyclic amines) is 1. The Balaban J connectivity index is 1.22. The van der Waals surface area contributed by atoms with E-state index in [2.05, 4.69) is 33.1 Å². The van der Waals surface area contributed by atoms with E-state index in [9.17, 15) is 4.79 Å². The summed E-state index contributed by atoms with van der Waals surface area (Å²) in [5, 5.41) is 3.84. The summed E-state index contributed by atoms with van der Waals surface area (Å²) in [5.74, 6) is 0.671. The fourth-order valence-corrected chi connectivity index (χ4v) is 4.91. The molecule has 2 amide bonds. The number of piperidine rings is 1. The summed E-state index contributed by atoms with van der Waals surface area (Å²) < 4.78 is 0. The molecule has 0 radical (unpaired) electrons. The standard InChI is InChI=1S/C24H31Cl2N5O/c1-18-4-2-8-27-23(18)17-30-9-3-5-19(16-30)15-29-10-12-31(13-11-29)24(32)28-20-6-7-21(25)22(26)14-20/h2,4,6-8,14,19H,3,5,9-13,15-17H2,1H3,(H,28,32)/t19-/m0/s1. The number of anilines is 1. The van der Waals surface area contributed by atoms with Crippen molar-refractivity contribution in [1.82, 2.24) is 19.7 Å². The van der Waals surface area contributed by atoms with Crippen LogP contribution >= 0.6 is 23.2 Å². The van der Waals surface area contributed by atoms with Gasteiger partial charge in [0.05, 0.1) is 15.7 Å². The molecule has 2 fully saturated rings. The number of benzene rings is 1. The maximum Gasteiger partial charge on any atom is 0.321 e. The van der Waals surface area contributed by atoms with Crippen molar-refractivity contribution in [2.75, 3.05) is 51.1 Å². The van der Waals surface area contributed by atoms with Gasteiger partial charge in [0, 0.05) is 57.7 Å². The maximum absolute atomic E-state index is 12.6. The van der Waals surface area contributed by atoms with Gasteiger partial charge in [-0.3, -0.25) is 14.8 Å². The summed E-state index contributed by atoms with van der Waals surface area (Å²) in [6, 6.07) is 9.20. The Kier molecular flexibility index (Phi) is 7.89. The molecule has 3 heterocycles. The highest BCUT2D eigenvalue weighted by atomic mass is 35.5. The number of nitrogens with zero attached hydrogens (tertiary/aromatic N) is 4. The number of carbonyl (C=O) groups is 1. The fourth-order valence-electron chi connectivity index (χ4n) is 4.61. The Bertz CT molecular complexity index is 932. The van der Waals surface area contributed by atoms with Crippen LogP contribution in [0.3, 0.4) is 0 Å². The second kappa shape index (κ2) is 10.8. The lowest BCUT2D eigenvalue weighted by atomic mass is 9.96. The molecule has 8 heteroatoms. The fraction of sp³-hybridized carbons (Fsp3) is 0.500. The van der Waals surface area contributed by atoms with Crippen molar-refractivity contribution >= 4 is 34.9 Å². The van der Waals surface area contributed by atoms with Crippen LogP contribution in [0.4, 0.5) is 10.5 Å². The van der Waals surface area contributed by atoms with Gasteiger partial charge in [-0.1, -0.05) is 29.3 Å². The second-order valence-electron chi connectivity index (χ2n) is 8.86. The number of hydrogen-bond donors (Lipinski definition) is 1. The number of piperazine rings is 1. The minimum absolute atomic E-state index is 0.0855. The SMILES string of the molecule is Cc1cccnc1CN1CCC[C@@H](CN2CCN(C(=O)Nc3ccc(Cl)c(Cl)c3)CC2)C1. The second-order valence-corrected chi connectivity index (χ2v) is 9.67. The number of aryl methyl sites for hydroxylation is 1. The van der Waals surface area contributed by atoms with Gasteiger partial charge in [-0.15, -0.1) is 0 Å². The van der Waals surface area contributed by atoms with E-state index in [1.807, 2.05) is 17.2 Å². The molecule has 1 N–H and O–H groups in total. The van der Waals surface area contributed by atoms with E-state index in [0.29, 0.717) is 21.7 Å². The molecule has 172 valence electrons. The Hall–Kier alpha value is -1.86. The first-order valence-corrected chi connectivity index (χ1v) is 12.1. The zero-order valence-corrected chi connectivity index (χ0v) is 20.1. The zero-order chi connectivity index (χ0) is 22.5. The lowest BCUT2D eigenvalue weighted by molar-refractivity contribution is 0.0979. The van der Waals surface area contributed by atoms with E-state index in [1.54, 1.807) is 18.2 Å². The van der Waals surface area contributed by atoms with Gasteiger partial charge in [-0.2, -0.15) is 0 Å². The van der Waals surface area contributed by atoms with Crippen LogP contribution in [0.25, 0.3) is 0 Å². The van der Waals surface area contributed by atoms with Gasteiger partial charge >= 0.3 is 6.03 Å². The smallest absolute Gasteiger partial charge is 0.321 e. The number of halogens is 2. The van der Waals surface area contributed by atoms with Crippen molar-refractivity contribution in [3.63, 3.8) is 0 Å². The highest BCUT2D eigenvalue weighted by Crippen LogP contribution is 2.25. The van der Waals surface area contributed by atoms with Crippen LogP contribution < -0.4 is 5.32 Å². The molecule has 32 heavy (non-hydrogen) atoms. The largest absolute Gasteiger partial charge is 0.322 e. The molecule has 1 aromatic carbocycles. The molecule has 6 nitrogen and oxygen atoms in total. The Morgan fingerprint density at radius 1 is 1.09 bits per heavy atom. The molecule has 2 aliphatic heterocycles. The summed E-state index contributed by atoms with van der Waals surface area (Å²) in [5.41, 5.74) is 3.12. The number of pyridine rings is 1. The molecule has 1 aromatic heterocycles. The van der Waals surface area contributed by atoms with Gasteiger partial charge in [-0.25, -0.2) is 4.79 Å². The van der Waals surface area contributed by atoms with Crippen molar-refractivity contribution in [2.24, 2.45) is 5.92 Å². The van der Waals surface area contributed by atoms with Gasteiger partial charge in [0.1, 0.15) is 0 Å². The normalized spacial score (nSPS) is 20.3. The zero-order valence-electron chi connectivity index (χ0n) is 18.6. The van der Waals surface area contributed by atoms with Crippen molar-refractivity contribution < 1.29 is 4.79 Å². The lowest BCUT2D eigenvalue weighted by Crippen LogP contribution is -2.52. The lowest BCUT2D eigenvalue weighted by Gasteiger charge is -2.39. The van der Waals surface area contributed by atoms with Crippen molar-refractivity contribution in [3.8, 4) is 0 Å². The van der Waals surface area contributed by atoms with Gasteiger partial charge in [0.2, 0.25) is 0 Å². The van der Waals surface area contributed by atoms with Crippen LogP contribution in [-0.4, -0.2) is 71.5 Å². The Morgan fingerprint density at radius 3 is 2.66 bits per heavy atom. The van der Waals surface area contributed by atoms with Crippen LogP contribution in [0.5, 0.6) is 0 Å². The first-order chi connectivity index (χ1) is 15.5. The first-order valence-electron chi connectivity index (χ1n) is 11.3. The van der Waals surface area contributed by atoms with Crippen LogP contribution in [-0.2, 0) is 6.54 Å². The number of nitrogens with one attached hydrogen (secondary N) is 1. The number of rotatable bonds is 5. The predicted octanol–water partition coefficient (Wildman–Crippen LogP) is 4.76. The van der Waals surface area contributed by atoms with E-state index in [4.69, 9.17) is 23.2 Å². The maximum atomic E-state index is 12.6. The Morgan fingerprint density at radius 2 is 1.91 bits per heavy atom. The van der Waals surface area contributed by atoms with Crippen LogP contribution in [0.2, 0.25) is 10.0 Å². The molecule has 0 saturated carbocycles. The average molecular weight is 476 g/mol. The molecular weight excluding hydrogens is 445 g/mol. The third-order valence-corrected chi connectivity index (χ3v) is 7.18. The van der Waals surface area contributed by atoms with Crippen LogP contribution in [0, 0.1) is 12.8 Å². The summed E-state index contributed by atoms with van der Waals surface area (Å²) >= 11 is 12.0. The average Bonchev–Trinajstić information content (AvgIpc) is 2.79. The monoisotopic (exact) mass is 475 g/mol. The molecule has 2 aromatic rings. The third kappa shape index (κ3) is 6.13. The molecule has 2 saturated heterocycles. The number of hydrogen-bond acceptors (Lipinski definition) is 4. The number of aromatic nitrogens is 1. The molecule has 4 rings (SSSR count). The molecule has 0 unspecified atom stereocenters. The molecule has 1 atom stereocenters. The molecule has 0 spiro atoms. The quantitative estimate of drug-likeness (QED) is 0.676. The van der Waals surface area contributed by atoms with Gasteiger partial charge in [0.25, 0.3) is 0 Å². The Labute approximate surface area is 200 Å². The molecule has 2 aliphatic rings. The summed E-state index contributed by atoms with van der Waals surface area (Å²) in [4.78, 5) is 24.1. The number of urea groups is 1. The van der Waals surface area contributed by atoms with Crippen LogP contribution in [0.1, 0.15) is 24.1 Å². The number of amides is 2. The molecule has 0 bridgehead atoms.